The van der Waals surface area contributed by atoms with Crippen LogP contribution in [0.25, 0.3) is 16.7 Å². The highest BCUT2D eigenvalue weighted by atomic mass is 15.4. The molecule has 0 saturated carbocycles. The Balaban J connectivity index is 1.84. The molecular formula is C16H18N4. The van der Waals surface area contributed by atoms with Crippen molar-refractivity contribution in [1.29, 1.82) is 0 Å². The summed E-state index contributed by atoms with van der Waals surface area (Å²) in [4.78, 5) is 0. The maximum Gasteiger partial charge on any atom is 0.113 e. The summed E-state index contributed by atoms with van der Waals surface area (Å²) in [6.07, 6.45) is 1.16. The fourth-order valence-corrected chi connectivity index (χ4v) is 2.22. The molecule has 3 rings (SSSR count). The lowest BCUT2D eigenvalue weighted by Gasteiger charge is -2.06. The molecule has 0 radical (unpaired) electrons. The molecule has 0 fully saturated rings. The first-order valence-electron chi connectivity index (χ1n) is 6.99. The monoisotopic (exact) mass is 266 g/mol. The number of hydrogen-bond donors (Lipinski definition) is 1. The Morgan fingerprint density at radius 2 is 1.85 bits per heavy atom. The SMILES string of the molecule is CCCNCc1ccc(-n2nnc3ccccc32)cc1. The summed E-state index contributed by atoms with van der Waals surface area (Å²) in [6, 6.07) is 16.4. The van der Waals surface area contributed by atoms with Crippen LogP contribution in [0.5, 0.6) is 0 Å². The summed E-state index contributed by atoms with van der Waals surface area (Å²) in [6.45, 7) is 4.13. The van der Waals surface area contributed by atoms with Crippen molar-refractivity contribution >= 4 is 11.0 Å². The summed E-state index contributed by atoms with van der Waals surface area (Å²) in [5, 5.41) is 11.8. The maximum atomic E-state index is 4.22. The van der Waals surface area contributed by atoms with Crippen molar-refractivity contribution in [2.24, 2.45) is 0 Å². The van der Waals surface area contributed by atoms with E-state index < -0.39 is 0 Å². The van der Waals surface area contributed by atoms with Gasteiger partial charge < -0.3 is 5.32 Å². The van der Waals surface area contributed by atoms with Crippen LogP contribution in [0.4, 0.5) is 0 Å². The van der Waals surface area contributed by atoms with Crippen LogP contribution in [0.2, 0.25) is 0 Å². The summed E-state index contributed by atoms with van der Waals surface area (Å²) in [5.74, 6) is 0. The number of para-hydroxylation sites is 1. The molecule has 0 spiro atoms. The lowest BCUT2D eigenvalue weighted by molar-refractivity contribution is 0.675. The van der Waals surface area contributed by atoms with E-state index in [-0.39, 0.29) is 0 Å². The Kier molecular flexibility index (Phi) is 3.74. The third-order valence-electron chi connectivity index (χ3n) is 3.29. The van der Waals surface area contributed by atoms with Gasteiger partial charge in [0.05, 0.1) is 11.2 Å². The molecule has 1 heterocycles. The van der Waals surface area contributed by atoms with E-state index in [1.807, 2.05) is 28.9 Å². The molecule has 4 nitrogen and oxygen atoms in total. The molecule has 2 aromatic carbocycles. The van der Waals surface area contributed by atoms with E-state index in [0.717, 1.165) is 36.2 Å². The van der Waals surface area contributed by atoms with Gasteiger partial charge in [-0.15, -0.1) is 5.10 Å². The first-order valence-corrected chi connectivity index (χ1v) is 6.99. The Labute approximate surface area is 118 Å². The smallest absolute Gasteiger partial charge is 0.113 e. The van der Waals surface area contributed by atoms with Gasteiger partial charge >= 0.3 is 0 Å². The minimum atomic E-state index is 0.909. The second kappa shape index (κ2) is 5.84. The second-order valence-corrected chi connectivity index (χ2v) is 4.83. The van der Waals surface area contributed by atoms with Gasteiger partial charge in [0.2, 0.25) is 0 Å². The first-order chi connectivity index (χ1) is 9.88. The van der Waals surface area contributed by atoms with Gasteiger partial charge in [-0.05, 0) is 42.8 Å². The van der Waals surface area contributed by atoms with Gasteiger partial charge in [-0.2, -0.15) is 0 Å². The summed E-state index contributed by atoms with van der Waals surface area (Å²) < 4.78 is 1.87. The number of benzene rings is 2. The molecule has 0 aliphatic rings. The van der Waals surface area contributed by atoms with Crippen molar-refractivity contribution in [1.82, 2.24) is 20.3 Å². The standard InChI is InChI=1S/C16H18N4/c1-2-11-17-12-13-7-9-14(10-8-13)20-16-6-4-3-5-15(16)18-19-20/h3-10,17H,2,11-12H2,1H3. The third kappa shape index (κ3) is 2.56. The van der Waals surface area contributed by atoms with Gasteiger partial charge in [0.15, 0.2) is 0 Å². The average Bonchev–Trinajstić information content (AvgIpc) is 2.92. The predicted molar refractivity (Wildman–Crippen MR) is 80.9 cm³/mol. The van der Waals surface area contributed by atoms with Gasteiger partial charge in [0.25, 0.3) is 0 Å². The molecule has 4 heteroatoms. The van der Waals surface area contributed by atoms with Crippen molar-refractivity contribution in [3.8, 4) is 5.69 Å². The normalized spacial score (nSPS) is 11.1. The Bertz CT molecular complexity index is 685. The molecule has 0 amide bonds. The minimum absolute atomic E-state index is 0.909. The molecule has 102 valence electrons. The average molecular weight is 266 g/mol. The molecular weight excluding hydrogens is 248 g/mol. The van der Waals surface area contributed by atoms with Crippen LogP contribution in [0, 0.1) is 0 Å². The van der Waals surface area contributed by atoms with Crippen LogP contribution in [0.3, 0.4) is 0 Å². The highest BCUT2D eigenvalue weighted by molar-refractivity contribution is 5.75. The highest BCUT2D eigenvalue weighted by Crippen LogP contribution is 2.16. The number of aromatic nitrogens is 3. The van der Waals surface area contributed by atoms with Crippen molar-refractivity contribution in [3.63, 3.8) is 0 Å². The number of hydrogen-bond acceptors (Lipinski definition) is 3. The Morgan fingerprint density at radius 1 is 1.05 bits per heavy atom. The maximum absolute atomic E-state index is 4.22. The summed E-state index contributed by atoms with van der Waals surface area (Å²) in [5.41, 5.74) is 4.27. The minimum Gasteiger partial charge on any atom is -0.313 e. The van der Waals surface area contributed by atoms with E-state index in [0.29, 0.717) is 0 Å². The predicted octanol–water partition coefficient (Wildman–Crippen LogP) is 2.92. The van der Waals surface area contributed by atoms with E-state index in [1.165, 1.54) is 5.56 Å². The molecule has 0 aliphatic heterocycles. The zero-order chi connectivity index (χ0) is 13.8. The van der Waals surface area contributed by atoms with Crippen molar-refractivity contribution in [2.75, 3.05) is 6.54 Å². The van der Waals surface area contributed by atoms with Crippen LogP contribution < -0.4 is 5.32 Å². The van der Waals surface area contributed by atoms with Crippen LogP contribution in [0.1, 0.15) is 18.9 Å². The van der Waals surface area contributed by atoms with Gasteiger partial charge in [0.1, 0.15) is 5.52 Å². The lowest BCUT2D eigenvalue weighted by atomic mass is 10.2. The topological polar surface area (TPSA) is 42.7 Å². The van der Waals surface area contributed by atoms with E-state index >= 15 is 0 Å². The molecule has 1 N–H and O–H groups in total. The molecule has 0 aliphatic carbocycles. The van der Waals surface area contributed by atoms with E-state index in [1.54, 1.807) is 0 Å². The Morgan fingerprint density at radius 3 is 2.65 bits per heavy atom. The molecule has 1 aromatic heterocycles. The quantitative estimate of drug-likeness (QED) is 0.722. The van der Waals surface area contributed by atoms with Crippen molar-refractivity contribution in [3.05, 3.63) is 54.1 Å². The van der Waals surface area contributed by atoms with Crippen LogP contribution in [0.15, 0.2) is 48.5 Å². The van der Waals surface area contributed by atoms with Crippen LogP contribution >= 0.6 is 0 Å². The third-order valence-corrected chi connectivity index (χ3v) is 3.29. The number of fused-ring (bicyclic) bond motifs is 1. The zero-order valence-corrected chi connectivity index (χ0v) is 11.6. The number of nitrogens with one attached hydrogen (secondary N) is 1. The molecule has 0 atom stereocenters. The fourth-order valence-electron chi connectivity index (χ4n) is 2.22. The van der Waals surface area contributed by atoms with Crippen molar-refractivity contribution in [2.45, 2.75) is 19.9 Å². The summed E-state index contributed by atoms with van der Waals surface area (Å²) in [7, 11) is 0. The molecule has 20 heavy (non-hydrogen) atoms. The lowest BCUT2D eigenvalue weighted by Crippen LogP contribution is -2.13. The van der Waals surface area contributed by atoms with Crippen LogP contribution in [-0.4, -0.2) is 21.5 Å². The molecule has 0 saturated heterocycles. The largest absolute Gasteiger partial charge is 0.313 e. The van der Waals surface area contributed by atoms with Gasteiger partial charge in [0, 0.05) is 6.54 Å². The fraction of sp³-hybridized carbons (Fsp3) is 0.250. The first kappa shape index (κ1) is 12.8. The number of rotatable bonds is 5. The second-order valence-electron chi connectivity index (χ2n) is 4.83. The van der Waals surface area contributed by atoms with Gasteiger partial charge in [-0.3, -0.25) is 0 Å². The molecule has 0 bridgehead atoms. The molecule has 3 aromatic rings. The summed E-state index contributed by atoms with van der Waals surface area (Å²) >= 11 is 0. The van der Waals surface area contributed by atoms with E-state index in [2.05, 4.69) is 46.8 Å². The van der Waals surface area contributed by atoms with Crippen LogP contribution in [-0.2, 0) is 6.54 Å². The Hall–Kier alpha value is -2.20. The highest BCUT2D eigenvalue weighted by Gasteiger charge is 2.05. The van der Waals surface area contributed by atoms with Gasteiger partial charge in [-0.25, -0.2) is 4.68 Å². The van der Waals surface area contributed by atoms with Crippen molar-refractivity contribution < 1.29 is 0 Å². The van der Waals surface area contributed by atoms with Gasteiger partial charge in [-0.1, -0.05) is 36.4 Å². The number of nitrogens with zero attached hydrogens (tertiary/aromatic N) is 3. The van der Waals surface area contributed by atoms with E-state index in [9.17, 15) is 0 Å². The van der Waals surface area contributed by atoms with E-state index in [4.69, 9.17) is 0 Å². The molecule has 0 unspecified atom stereocenters. The zero-order valence-electron chi connectivity index (χ0n) is 11.6.